The molecular weight excluding hydrogens is 494 g/mol. The minimum Gasteiger partial charge on any atom is -0.491 e. The number of oxazole rings is 1. The van der Waals surface area contributed by atoms with Crippen LogP contribution in [0, 0.1) is 0 Å². The molecule has 0 aliphatic heterocycles. The van der Waals surface area contributed by atoms with E-state index in [9.17, 15) is 4.79 Å². The molecule has 4 aromatic rings. The number of carbonyl (C=O) groups is 1. The highest BCUT2D eigenvalue weighted by atomic mass is 35.5. The minimum absolute atomic E-state index is 0.0546. The molecule has 1 atom stereocenters. The number of fused-ring (bicyclic) bond motifs is 1. The highest BCUT2D eigenvalue weighted by molar-refractivity contribution is 7.80. The van der Waals surface area contributed by atoms with Crippen molar-refractivity contribution in [1.29, 1.82) is 0 Å². The third kappa shape index (κ3) is 6.04. The first kappa shape index (κ1) is 25.7. The van der Waals surface area contributed by atoms with Gasteiger partial charge in [0.1, 0.15) is 11.3 Å². The molecule has 36 heavy (non-hydrogen) atoms. The van der Waals surface area contributed by atoms with Crippen molar-refractivity contribution in [3.63, 3.8) is 0 Å². The Balaban J connectivity index is 1.47. The summed E-state index contributed by atoms with van der Waals surface area (Å²) in [5.74, 6) is 1.28. The van der Waals surface area contributed by atoms with Gasteiger partial charge < -0.3 is 14.5 Å². The number of anilines is 1. The number of hydrogen-bond acceptors (Lipinski definition) is 5. The van der Waals surface area contributed by atoms with Gasteiger partial charge in [0.25, 0.3) is 5.91 Å². The Morgan fingerprint density at radius 2 is 1.83 bits per heavy atom. The largest absolute Gasteiger partial charge is 0.491 e. The molecule has 4 rings (SSSR count). The summed E-state index contributed by atoms with van der Waals surface area (Å²) in [5, 5.41) is 6.24. The quantitative estimate of drug-likeness (QED) is 0.244. The fourth-order valence-corrected chi connectivity index (χ4v) is 4.02. The zero-order valence-corrected chi connectivity index (χ0v) is 22.2. The summed E-state index contributed by atoms with van der Waals surface area (Å²) in [4.78, 5) is 17.3. The molecule has 0 fully saturated rings. The van der Waals surface area contributed by atoms with Gasteiger partial charge in [-0.15, -0.1) is 0 Å². The Hall–Kier alpha value is -3.42. The number of nitrogens with one attached hydrogen (secondary N) is 2. The molecule has 0 bridgehead atoms. The summed E-state index contributed by atoms with van der Waals surface area (Å²) in [5.41, 5.74) is 4.47. The number of ether oxygens (including phenoxy) is 1. The van der Waals surface area contributed by atoms with Crippen LogP contribution < -0.4 is 15.4 Å². The number of halogens is 1. The van der Waals surface area contributed by atoms with Crippen LogP contribution in [-0.4, -0.2) is 22.1 Å². The van der Waals surface area contributed by atoms with Gasteiger partial charge in [0.15, 0.2) is 10.7 Å². The molecule has 8 heteroatoms. The van der Waals surface area contributed by atoms with Crippen molar-refractivity contribution in [1.82, 2.24) is 10.3 Å². The van der Waals surface area contributed by atoms with Crippen LogP contribution in [0.25, 0.3) is 22.6 Å². The number of nitrogens with zero attached hydrogens (tertiary/aromatic N) is 1. The van der Waals surface area contributed by atoms with Gasteiger partial charge in [0.05, 0.1) is 16.8 Å². The van der Waals surface area contributed by atoms with Crippen molar-refractivity contribution in [2.75, 3.05) is 5.32 Å². The molecule has 2 N–H and O–H groups in total. The van der Waals surface area contributed by atoms with Crippen molar-refractivity contribution in [2.45, 2.75) is 46.1 Å². The normalized spacial score (nSPS) is 11.9. The fourth-order valence-electron chi connectivity index (χ4n) is 3.65. The molecular formula is C28H28ClN3O3S. The maximum absolute atomic E-state index is 12.6. The van der Waals surface area contributed by atoms with Crippen molar-refractivity contribution in [3.05, 3.63) is 76.8 Å². The average Bonchev–Trinajstić information content (AvgIpc) is 3.28. The van der Waals surface area contributed by atoms with Crippen molar-refractivity contribution < 1.29 is 13.9 Å². The molecule has 6 nitrogen and oxygen atoms in total. The number of rotatable bonds is 7. The first-order chi connectivity index (χ1) is 17.2. The van der Waals surface area contributed by atoms with Gasteiger partial charge >= 0.3 is 0 Å². The Labute approximate surface area is 221 Å². The lowest BCUT2D eigenvalue weighted by atomic mass is 9.98. The number of aromatic nitrogens is 1. The number of carbonyl (C=O) groups excluding carboxylic acids is 1. The molecule has 0 saturated heterocycles. The second-order valence-electron chi connectivity index (χ2n) is 8.85. The van der Waals surface area contributed by atoms with Crippen LogP contribution in [0.2, 0.25) is 5.02 Å². The average molecular weight is 522 g/mol. The fraction of sp³-hybridized carbons (Fsp3) is 0.250. The monoisotopic (exact) mass is 521 g/mol. The van der Waals surface area contributed by atoms with E-state index in [0.29, 0.717) is 39.4 Å². The smallest absolute Gasteiger partial charge is 0.257 e. The lowest BCUT2D eigenvalue weighted by Gasteiger charge is -2.12. The van der Waals surface area contributed by atoms with E-state index in [4.69, 9.17) is 33.0 Å². The standard InChI is InChI=1S/C28H28ClN3O3S/c1-5-17(4)19-9-13-25-24(14-19)30-27(35-25)20-8-12-22(29)23(15-20)31-28(36)32-26(33)18-6-10-21(11-7-18)34-16(2)3/h6-17H,5H2,1-4H3,(H2,31,32,33,36). The SMILES string of the molecule is CCC(C)c1ccc2oc(-c3ccc(Cl)c(NC(=S)NC(=O)c4ccc(OC(C)C)cc4)c3)nc2c1. The van der Waals surface area contributed by atoms with E-state index in [1.54, 1.807) is 36.4 Å². The predicted octanol–water partition coefficient (Wildman–Crippen LogP) is 7.58. The van der Waals surface area contributed by atoms with Gasteiger partial charge in [-0.3, -0.25) is 10.1 Å². The summed E-state index contributed by atoms with van der Waals surface area (Å²) in [6.07, 6.45) is 1.11. The summed E-state index contributed by atoms with van der Waals surface area (Å²) < 4.78 is 11.6. The number of benzene rings is 3. The van der Waals surface area contributed by atoms with Gasteiger partial charge in [0, 0.05) is 11.1 Å². The Bertz CT molecular complexity index is 1400. The van der Waals surface area contributed by atoms with Crippen molar-refractivity contribution in [2.24, 2.45) is 0 Å². The molecule has 1 amide bonds. The van der Waals surface area contributed by atoms with E-state index in [1.165, 1.54) is 5.56 Å². The third-order valence-electron chi connectivity index (χ3n) is 5.77. The molecule has 1 aromatic heterocycles. The molecule has 0 aliphatic rings. The maximum Gasteiger partial charge on any atom is 0.257 e. The molecule has 1 heterocycles. The number of hydrogen-bond donors (Lipinski definition) is 2. The van der Waals surface area contributed by atoms with E-state index >= 15 is 0 Å². The van der Waals surface area contributed by atoms with Crippen molar-refractivity contribution >= 4 is 51.6 Å². The van der Waals surface area contributed by atoms with Gasteiger partial charge in [-0.1, -0.05) is 31.5 Å². The zero-order valence-electron chi connectivity index (χ0n) is 20.6. The Morgan fingerprint density at radius 3 is 2.53 bits per heavy atom. The molecule has 0 aliphatic carbocycles. The van der Waals surface area contributed by atoms with Gasteiger partial charge in [-0.2, -0.15) is 0 Å². The maximum atomic E-state index is 12.6. The molecule has 1 unspecified atom stereocenters. The van der Waals surface area contributed by atoms with E-state index in [2.05, 4.69) is 41.6 Å². The van der Waals surface area contributed by atoms with Crippen LogP contribution >= 0.6 is 23.8 Å². The minimum atomic E-state index is -0.341. The highest BCUT2D eigenvalue weighted by Gasteiger charge is 2.14. The number of thiocarbonyl (C=S) groups is 1. The second-order valence-corrected chi connectivity index (χ2v) is 9.66. The van der Waals surface area contributed by atoms with Gasteiger partial charge in [-0.25, -0.2) is 4.98 Å². The second kappa shape index (κ2) is 11.1. The first-order valence-corrected chi connectivity index (χ1v) is 12.6. The summed E-state index contributed by atoms with van der Waals surface area (Å²) >= 11 is 11.7. The summed E-state index contributed by atoms with van der Waals surface area (Å²) in [6.45, 7) is 8.24. The Kier molecular flexibility index (Phi) is 7.91. The van der Waals surface area contributed by atoms with Crippen LogP contribution in [0.5, 0.6) is 5.75 Å². The van der Waals surface area contributed by atoms with Crippen LogP contribution in [0.15, 0.2) is 65.1 Å². The van der Waals surface area contributed by atoms with Crippen LogP contribution in [0.1, 0.15) is 56.0 Å². The Morgan fingerprint density at radius 1 is 1.08 bits per heavy atom. The molecule has 0 radical (unpaired) electrons. The lowest BCUT2D eigenvalue weighted by Crippen LogP contribution is -2.34. The topological polar surface area (TPSA) is 76.4 Å². The molecule has 3 aromatic carbocycles. The summed E-state index contributed by atoms with van der Waals surface area (Å²) in [6, 6.07) is 18.3. The van der Waals surface area contributed by atoms with E-state index < -0.39 is 0 Å². The summed E-state index contributed by atoms with van der Waals surface area (Å²) in [7, 11) is 0. The van der Waals surface area contributed by atoms with Crippen LogP contribution in [0.3, 0.4) is 0 Å². The van der Waals surface area contributed by atoms with Crippen LogP contribution in [-0.2, 0) is 0 Å². The van der Waals surface area contributed by atoms with Gasteiger partial charge in [-0.05, 0) is 98.6 Å². The van der Waals surface area contributed by atoms with E-state index in [-0.39, 0.29) is 17.1 Å². The van der Waals surface area contributed by atoms with Gasteiger partial charge in [0.2, 0.25) is 5.89 Å². The lowest BCUT2D eigenvalue weighted by molar-refractivity contribution is 0.0977. The van der Waals surface area contributed by atoms with E-state index in [0.717, 1.165) is 17.5 Å². The van der Waals surface area contributed by atoms with E-state index in [1.807, 2.05) is 26.0 Å². The molecule has 0 spiro atoms. The third-order valence-corrected chi connectivity index (χ3v) is 6.30. The van der Waals surface area contributed by atoms with Crippen molar-refractivity contribution in [3.8, 4) is 17.2 Å². The number of amides is 1. The zero-order chi connectivity index (χ0) is 25.8. The molecule has 186 valence electrons. The predicted molar refractivity (Wildman–Crippen MR) is 149 cm³/mol. The first-order valence-electron chi connectivity index (χ1n) is 11.8. The highest BCUT2D eigenvalue weighted by Crippen LogP contribution is 2.31. The van der Waals surface area contributed by atoms with Crippen LogP contribution in [0.4, 0.5) is 5.69 Å². The molecule has 0 saturated carbocycles.